The molecule has 2 unspecified atom stereocenters. The second-order valence-corrected chi connectivity index (χ2v) is 5.46. The molecule has 1 aromatic carbocycles. The van der Waals surface area contributed by atoms with Crippen molar-refractivity contribution in [3.63, 3.8) is 0 Å². The lowest BCUT2D eigenvalue weighted by Crippen LogP contribution is -2.36. The summed E-state index contributed by atoms with van der Waals surface area (Å²) in [5.74, 6) is 0.598. The summed E-state index contributed by atoms with van der Waals surface area (Å²) in [4.78, 5) is 2.45. The maximum atomic E-state index is 13.6. The average molecular weight is 250 g/mol. The van der Waals surface area contributed by atoms with E-state index in [0.717, 1.165) is 32.0 Å². The van der Waals surface area contributed by atoms with Crippen LogP contribution < -0.4 is 5.73 Å². The maximum Gasteiger partial charge on any atom is 0.127 e. The van der Waals surface area contributed by atoms with Gasteiger partial charge in [-0.2, -0.15) is 0 Å². The van der Waals surface area contributed by atoms with Crippen LogP contribution in [0.2, 0.25) is 0 Å². The molecule has 1 saturated heterocycles. The molecular weight excluding hydrogens is 227 g/mol. The Morgan fingerprint density at radius 2 is 2.22 bits per heavy atom. The lowest BCUT2D eigenvalue weighted by atomic mass is 9.99. The summed E-state index contributed by atoms with van der Waals surface area (Å²) in [7, 11) is 0. The Balaban J connectivity index is 1.84. The van der Waals surface area contributed by atoms with E-state index in [1.165, 1.54) is 18.9 Å². The smallest absolute Gasteiger partial charge is 0.127 e. The number of rotatable bonds is 4. The summed E-state index contributed by atoms with van der Waals surface area (Å²) in [6.07, 6.45) is 3.43. The minimum atomic E-state index is -0.191. The molecule has 0 bridgehead atoms. The van der Waals surface area contributed by atoms with Gasteiger partial charge in [0.1, 0.15) is 5.82 Å². The molecule has 1 aliphatic heterocycles. The highest BCUT2D eigenvalue weighted by Crippen LogP contribution is 2.20. The summed E-state index contributed by atoms with van der Waals surface area (Å²) in [6.45, 7) is 5.58. The fourth-order valence-electron chi connectivity index (χ4n) is 2.74. The van der Waals surface area contributed by atoms with E-state index in [9.17, 15) is 4.39 Å². The molecule has 1 heterocycles. The Bertz CT molecular complexity index is 381. The van der Waals surface area contributed by atoms with Crippen LogP contribution in [0.5, 0.6) is 0 Å². The Morgan fingerprint density at radius 3 is 2.94 bits per heavy atom. The summed E-state index contributed by atoms with van der Waals surface area (Å²) < 4.78 is 13.6. The van der Waals surface area contributed by atoms with Crippen molar-refractivity contribution in [1.82, 2.24) is 4.90 Å². The van der Waals surface area contributed by atoms with Gasteiger partial charge in [-0.15, -0.1) is 0 Å². The fourth-order valence-corrected chi connectivity index (χ4v) is 2.74. The van der Waals surface area contributed by atoms with Gasteiger partial charge in [-0.05, 0) is 44.3 Å². The third-order valence-corrected chi connectivity index (χ3v) is 3.80. The van der Waals surface area contributed by atoms with Crippen molar-refractivity contribution in [3.05, 3.63) is 35.6 Å². The number of likely N-dealkylation sites (tertiary alicyclic amines) is 1. The first-order valence-electron chi connectivity index (χ1n) is 6.89. The first-order chi connectivity index (χ1) is 8.66. The first kappa shape index (κ1) is 13.5. The topological polar surface area (TPSA) is 29.3 Å². The molecule has 0 spiro atoms. The molecule has 2 rings (SSSR count). The van der Waals surface area contributed by atoms with Crippen LogP contribution >= 0.6 is 0 Å². The molecule has 0 aromatic heterocycles. The number of benzene rings is 1. The predicted molar refractivity (Wildman–Crippen MR) is 72.8 cm³/mol. The quantitative estimate of drug-likeness (QED) is 0.890. The second-order valence-electron chi connectivity index (χ2n) is 5.46. The van der Waals surface area contributed by atoms with Gasteiger partial charge in [0, 0.05) is 18.2 Å². The molecular formula is C15H23FN2. The number of hydrogen-bond donors (Lipinski definition) is 1. The summed E-state index contributed by atoms with van der Waals surface area (Å²) in [5.41, 5.74) is 6.72. The molecule has 1 fully saturated rings. The van der Waals surface area contributed by atoms with Gasteiger partial charge in [-0.3, -0.25) is 0 Å². The maximum absolute atomic E-state index is 13.6. The van der Waals surface area contributed by atoms with Crippen LogP contribution in [0.1, 0.15) is 37.8 Å². The lowest BCUT2D eigenvalue weighted by Gasteiger charge is -2.31. The highest BCUT2D eigenvalue weighted by atomic mass is 19.1. The Morgan fingerprint density at radius 1 is 1.44 bits per heavy atom. The monoisotopic (exact) mass is 250 g/mol. The van der Waals surface area contributed by atoms with Gasteiger partial charge in [0.05, 0.1) is 0 Å². The van der Waals surface area contributed by atoms with Crippen LogP contribution in [0.15, 0.2) is 24.3 Å². The van der Waals surface area contributed by atoms with E-state index < -0.39 is 0 Å². The van der Waals surface area contributed by atoms with Gasteiger partial charge in [0.15, 0.2) is 0 Å². The Labute approximate surface area is 109 Å². The SMILES string of the molecule is CC1CCCN(CCC(N)c2ccccc2F)C1. The minimum absolute atomic E-state index is 0.183. The molecule has 1 aliphatic rings. The van der Waals surface area contributed by atoms with Crippen molar-refractivity contribution in [1.29, 1.82) is 0 Å². The van der Waals surface area contributed by atoms with Crippen LogP contribution in [0.4, 0.5) is 4.39 Å². The van der Waals surface area contributed by atoms with Crippen molar-refractivity contribution in [2.45, 2.75) is 32.2 Å². The summed E-state index contributed by atoms with van der Waals surface area (Å²) >= 11 is 0. The van der Waals surface area contributed by atoms with Gasteiger partial charge >= 0.3 is 0 Å². The molecule has 100 valence electrons. The predicted octanol–water partition coefficient (Wildman–Crippen LogP) is 2.95. The molecule has 2 N–H and O–H groups in total. The molecule has 3 heteroatoms. The third kappa shape index (κ3) is 3.53. The summed E-state index contributed by atoms with van der Waals surface area (Å²) in [5, 5.41) is 0. The molecule has 0 saturated carbocycles. The molecule has 0 aliphatic carbocycles. The fraction of sp³-hybridized carbons (Fsp3) is 0.600. The Kier molecular flexibility index (Phi) is 4.72. The van der Waals surface area contributed by atoms with E-state index in [4.69, 9.17) is 5.73 Å². The normalized spacial score (nSPS) is 22.9. The van der Waals surface area contributed by atoms with Crippen LogP contribution in [0.3, 0.4) is 0 Å². The molecule has 2 nitrogen and oxygen atoms in total. The largest absolute Gasteiger partial charge is 0.324 e. The van der Waals surface area contributed by atoms with Gasteiger partial charge in [-0.1, -0.05) is 25.1 Å². The molecule has 0 radical (unpaired) electrons. The number of nitrogens with two attached hydrogens (primary N) is 1. The standard InChI is InChI=1S/C15H23FN2/c1-12-5-4-9-18(11-12)10-8-15(17)13-6-2-3-7-14(13)16/h2-3,6-7,12,15H,4-5,8-11,17H2,1H3. The third-order valence-electron chi connectivity index (χ3n) is 3.80. The van der Waals surface area contributed by atoms with E-state index >= 15 is 0 Å². The van der Waals surface area contributed by atoms with Crippen LogP contribution in [-0.4, -0.2) is 24.5 Å². The van der Waals surface area contributed by atoms with Crippen molar-refractivity contribution in [2.24, 2.45) is 11.7 Å². The summed E-state index contributed by atoms with van der Waals surface area (Å²) in [6, 6.07) is 6.64. The zero-order valence-corrected chi connectivity index (χ0v) is 11.1. The van der Waals surface area contributed by atoms with E-state index in [2.05, 4.69) is 11.8 Å². The number of hydrogen-bond acceptors (Lipinski definition) is 2. The second kappa shape index (κ2) is 6.30. The van der Waals surface area contributed by atoms with Crippen molar-refractivity contribution < 1.29 is 4.39 Å². The minimum Gasteiger partial charge on any atom is -0.324 e. The number of piperidine rings is 1. The van der Waals surface area contributed by atoms with Crippen molar-refractivity contribution >= 4 is 0 Å². The van der Waals surface area contributed by atoms with E-state index in [1.807, 2.05) is 6.07 Å². The average Bonchev–Trinajstić information content (AvgIpc) is 2.37. The van der Waals surface area contributed by atoms with Crippen molar-refractivity contribution in [2.75, 3.05) is 19.6 Å². The molecule has 0 amide bonds. The van der Waals surface area contributed by atoms with E-state index in [0.29, 0.717) is 5.56 Å². The van der Waals surface area contributed by atoms with Crippen LogP contribution in [0, 0.1) is 11.7 Å². The van der Waals surface area contributed by atoms with Gasteiger partial charge in [0.25, 0.3) is 0 Å². The lowest BCUT2D eigenvalue weighted by molar-refractivity contribution is 0.178. The molecule has 18 heavy (non-hydrogen) atoms. The molecule has 1 aromatic rings. The van der Waals surface area contributed by atoms with Crippen LogP contribution in [0.25, 0.3) is 0 Å². The van der Waals surface area contributed by atoms with Gasteiger partial charge in [-0.25, -0.2) is 4.39 Å². The zero-order chi connectivity index (χ0) is 13.0. The Hall–Kier alpha value is -0.930. The van der Waals surface area contributed by atoms with Crippen LogP contribution in [-0.2, 0) is 0 Å². The highest BCUT2D eigenvalue weighted by Gasteiger charge is 2.18. The first-order valence-corrected chi connectivity index (χ1v) is 6.89. The van der Waals surface area contributed by atoms with E-state index in [-0.39, 0.29) is 11.9 Å². The number of nitrogens with zero attached hydrogens (tertiary/aromatic N) is 1. The van der Waals surface area contributed by atoms with Gasteiger partial charge in [0.2, 0.25) is 0 Å². The number of halogens is 1. The molecule has 2 atom stereocenters. The zero-order valence-electron chi connectivity index (χ0n) is 11.1. The van der Waals surface area contributed by atoms with E-state index in [1.54, 1.807) is 12.1 Å². The van der Waals surface area contributed by atoms with Gasteiger partial charge < -0.3 is 10.6 Å². The highest BCUT2D eigenvalue weighted by molar-refractivity contribution is 5.20. The van der Waals surface area contributed by atoms with Crippen molar-refractivity contribution in [3.8, 4) is 0 Å².